The van der Waals surface area contributed by atoms with Gasteiger partial charge in [-0.15, -0.1) is 0 Å². The molecule has 1 unspecified atom stereocenters. The lowest BCUT2D eigenvalue weighted by atomic mass is 9.82. The van der Waals surface area contributed by atoms with E-state index in [9.17, 15) is 0 Å². The van der Waals surface area contributed by atoms with Gasteiger partial charge in [0.25, 0.3) is 0 Å². The Bertz CT molecular complexity index is 964. The number of benzene rings is 2. The molecule has 132 valence electrons. The van der Waals surface area contributed by atoms with Crippen molar-refractivity contribution in [2.45, 2.75) is 46.5 Å². The normalized spacial score (nSPS) is 18.3. The van der Waals surface area contributed by atoms with Crippen LogP contribution in [-0.4, -0.2) is 10.7 Å². The number of nitrogens with zero attached hydrogens (tertiary/aromatic N) is 2. The third kappa shape index (κ3) is 3.16. The van der Waals surface area contributed by atoms with Gasteiger partial charge in [-0.1, -0.05) is 56.2 Å². The lowest BCUT2D eigenvalue weighted by Gasteiger charge is -2.26. The predicted molar refractivity (Wildman–Crippen MR) is 111 cm³/mol. The summed E-state index contributed by atoms with van der Waals surface area (Å²) in [6.07, 6.45) is 4.61. The van der Waals surface area contributed by atoms with Crippen LogP contribution in [0.1, 0.15) is 48.6 Å². The molecule has 2 nitrogen and oxygen atoms in total. The zero-order chi connectivity index (χ0) is 18.1. The molecular formula is C24H26N2. The average Bonchev–Trinajstić information content (AvgIpc) is 2.63. The minimum Gasteiger partial charge on any atom is -0.251 e. The first-order chi connectivity index (χ1) is 12.7. The summed E-state index contributed by atoms with van der Waals surface area (Å²) in [6, 6.07) is 17.1. The summed E-state index contributed by atoms with van der Waals surface area (Å²) in [5.74, 6) is 0.665. The van der Waals surface area contributed by atoms with Gasteiger partial charge < -0.3 is 0 Å². The van der Waals surface area contributed by atoms with Crippen LogP contribution in [0.5, 0.6) is 0 Å². The molecule has 1 aliphatic rings. The zero-order valence-electron chi connectivity index (χ0n) is 15.9. The number of para-hydroxylation sites is 2. The quantitative estimate of drug-likeness (QED) is 0.545. The fourth-order valence-corrected chi connectivity index (χ4v) is 4.15. The first-order valence-corrected chi connectivity index (χ1v) is 9.68. The van der Waals surface area contributed by atoms with E-state index in [1.165, 1.54) is 34.9 Å². The Labute approximate surface area is 156 Å². The second kappa shape index (κ2) is 7.03. The molecule has 0 saturated carbocycles. The molecule has 4 rings (SSSR count). The van der Waals surface area contributed by atoms with Crippen molar-refractivity contribution in [1.29, 1.82) is 0 Å². The SMILES string of the molecule is CCCC1CC(=Nc2c(C)cccc2C)c2nc3ccccc3cc2C1. The van der Waals surface area contributed by atoms with Gasteiger partial charge in [0.15, 0.2) is 0 Å². The highest BCUT2D eigenvalue weighted by Crippen LogP contribution is 2.33. The minimum absolute atomic E-state index is 0.665. The predicted octanol–water partition coefficient (Wildman–Crippen LogP) is 6.33. The fourth-order valence-electron chi connectivity index (χ4n) is 4.15. The van der Waals surface area contributed by atoms with Crippen molar-refractivity contribution in [3.05, 3.63) is 70.9 Å². The maximum atomic E-state index is 5.15. The van der Waals surface area contributed by atoms with Crippen LogP contribution < -0.4 is 0 Å². The van der Waals surface area contributed by atoms with Crippen molar-refractivity contribution in [1.82, 2.24) is 4.98 Å². The van der Waals surface area contributed by atoms with E-state index in [1.807, 2.05) is 0 Å². The van der Waals surface area contributed by atoms with Gasteiger partial charge in [0, 0.05) is 5.39 Å². The van der Waals surface area contributed by atoms with Crippen LogP contribution in [0.15, 0.2) is 53.5 Å². The Hall–Kier alpha value is -2.48. The van der Waals surface area contributed by atoms with E-state index in [4.69, 9.17) is 9.98 Å². The molecule has 1 atom stereocenters. The molecule has 0 saturated heterocycles. The van der Waals surface area contributed by atoms with E-state index < -0.39 is 0 Å². The van der Waals surface area contributed by atoms with Gasteiger partial charge in [-0.3, -0.25) is 4.99 Å². The number of aromatic nitrogens is 1. The first kappa shape index (κ1) is 17.0. The second-order valence-electron chi connectivity index (χ2n) is 7.55. The van der Waals surface area contributed by atoms with E-state index in [0.29, 0.717) is 5.92 Å². The van der Waals surface area contributed by atoms with E-state index in [2.05, 4.69) is 69.3 Å². The summed E-state index contributed by atoms with van der Waals surface area (Å²) in [7, 11) is 0. The summed E-state index contributed by atoms with van der Waals surface area (Å²) < 4.78 is 0. The Morgan fingerprint density at radius 1 is 1.00 bits per heavy atom. The summed E-state index contributed by atoms with van der Waals surface area (Å²) in [5.41, 5.74) is 8.27. The van der Waals surface area contributed by atoms with Crippen molar-refractivity contribution in [3.8, 4) is 0 Å². The number of pyridine rings is 1. The van der Waals surface area contributed by atoms with Gasteiger partial charge in [-0.2, -0.15) is 0 Å². The lowest BCUT2D eigenvalue weighted by Crippen LogP contribution is -2.22. The molecule has 0 fully saturated rings. The Balaban J connectivity index is 1.89. The van der Waals surface area contributed by atoms with Gasteiger partial charge >= 0.3 is 0 Å². The van der Waals surface area contributed by atoms with Crippen LogP contribution in [0, 0.1) is 19.8 Å². The summed E-state index contributed by atoms with van der Waals surface area (Å²) in [5, 5.41) is 1.23. The van der Waals surface area contributed by atoms with E-state index in [-0.39, 0.29) is 0 Å². The molecule has 2 aromatic carbocycles. The summed E-state index contributed by atoms with van der Waals surface area (Å²) in [6.45, 7) is 6.57. The van der Waals surface area contributed by atoms with Crippen molar-refractivity contribution in [3.63, 3.8) is 0 Å². The molecule has 1 heterocycles. The third-order valence-electron chi connectivity index (χ3n) is 5.45. The monoisotopic (exact) mass is 342 g/mol. The molecule has 1 aliphatic carbocycles. The zero-order valence-corrected chi connectivity index (χ0v) is 15.9. The van der Waals surface area contributed by atoms with Gasteiger partial charge in [0.1, 0.15) is 0 Å². The van der Waals surface area contributed by atoms with Crippen molar-refractivity contribution < 1.29 is 0 Å². The number of hydrogen-bond donors (Lipinski definition) is 0. The standard InChI is InChI=1S/C24H26N2/c1-4-8-18-13-20-15-19-11-5-6-12-21(19)25-24(20)22(14-18)26-23-16(2)9-7-10-17(23)3/h5-7,9-12,15,18H,4,8,13-14H2,1-3H3. The molecule has 26 heavy (non-hydrogen) atoms. The van der Waals surface area contributed by atoms with Crippen molar-refractivity contribution in [2.24, 2.45) is 10.9 Å². The smallest absolute Gasteiger partial charge is 0.0884 e. The molecule has 2 heteroatoms. The van der Waals surface area contributed by atoms with Gasteiger partial charge in [-0.05, 0) is 61.4 Å². The van der Waals surface area contributed by atoms with Crippen LogP contribution in [0.3, 0.4) is 0 Å². The Morgan fingerprint density at radius 3 is 2.54 bits per heavy atom. The molecule has 3 aromatic rings. The number of hydrogen-bond acceptors (Lipinski definition) is 2. The number of rotatable bonds is 3. The van der Waals surface area contributed by atoms with Crippen molar-refractivity contribution >= 4 is 22.3 Å². The molecule has 0 spiro atoms. The van der Waals surface area contributed by atoms with Gasteiger partial charge in [0.05, 0.1) is 22.6 Å². The highest BCUT2D eigenvalue weighted by atomic mass is 14.8. The van der Waals surface area contributed by atoms with E-state index in [0.717, 1.165) is 35.5 Å². The minimum atomic E-state index is 0.665. The van der Waals surface area contributed by atoms with Crippen molar-refractivity contribution in [2.75, 3.05) is 0 Å². The van der Waals surface area contributed by atoms with Crippen LogP contribution >= 0.6 is 0 Å². The summed E-state index contributed by atoms with van der Waals surface area (Å²) in [4.78, 5) is 10.2. The Morgan fingerprint density at radius 2 is 1.77 bits per heavy atom. The first-order valence-electron chi connectivity index (χ1n) is 9.68. The van der Waals surface area contributed by atoms with Crippen LogP contribution in [0.2, 0.25) is 0 Å². The molecule has 0 N–H and O–H groups in total. The molecular weight excluding hydrogens is 316 g/mol. The van der Waals surface area contributed by atoms with Gasteiger partial charge in [0.2, 0.25) is 0 Å². The van der Waals surface area contributed by atoms with Crippen LogP contribution in [0.25, 0.3) is 10.9 Å². The highest BCUT2D eigenvalue weighted by Gasteiger charge is 2.25. The van der Waals surface area contributed by atoms with Crippen LogP contribution in [-0.2, 0) is 6.42 Å². The number of aryl methyl sites for hydroxylation is 2. The van der Waals surface area contributed by atoms with E-state index >= 15 is 0 Å². The van der Waals surface area contributed by atoms with Gasteiger partial charge in [-0.25, -0.2) is 4.98 Å². The van der Waals surface area contributed by atoms with E-state index in [1.54, 1.807) is 0 Å². The molecule has 0 bridgehead atoms. The average molecular weight is 342 g/mol. The molecule has 1 aromatic heterocycles. The fraction of sp³-hybridized carbons (Fsp3) is 0.333. The topological polar surface area (TPSA) is 25.2 Å². The maximum Gasteiger partial charge on any atom is 0.0884 e. The highest BCUT2D eigenvalue weighted by molar-refractivity contribution is 6.04. The van der Waals surface area contributed by atoms with Crippen LogP contribution in [0.4, 0.5) is 5.69 Å². The summed E-state index contributed by atoms with van der Waals surface area (Å²) >= 11 is 0. The largest absolute Gasteiger partial charge is 0.251 e. The molecule has 0 radical (unpaired) electrons. The lowest BCUT2D eigenvalue weighted by molar-refractivity contribution is 0.484. The molecule has 0 amide bonds. The molecule has 0 aliphatic heterocycles. The third-order valence-corrected chi connectivity index (χ3v) is 5.45. The Kier molecular flexibility index (Phi) is 4.58. The maximum absolute atomic E-state index is 5.15. The second-order valence-corrected chi connectivity index (χ2v) is 7.55. The number of fused-ring (bicyclic) bond motifs is 2. The number of aliphatic imine (C=N–C) groups is 1.